The van der Waals surface area contributed by atoms with Crippen LogP contribution >= 0.6 is 0 Å². The molecule has 0 spiro atoms. The van der Waals surface area contributed by atoms with E-state index < -0.39 is 12.6 Å². The van der Waals surface area contributed by atoms with Crippen LogP contribution in [0.4, 0.5) is 19.0 Å². The Labute approximate surface area is 96.0 Å². The van der Waals surface area contributed by atoms with Crippen LogP contribution in [0.3, 0.4) is 0 Å². The van der Waals surface area contributed by atoms with Crippen molar-refractivity contribution in [3.63, 3.8) is 0 Å². The van der Waals surface area contributed by atoms with Crippen molar-refractivity contribution < 1.29 is 17.9 Å². The first-order valence-corrected chi connectivity index (χ1v) is 5.24. The van der Waals surface area contributed by atoms with E-state index in [9.17, 15) is 13.2 Å². The summed E-state index contributed by atoms with van der Waals surface area (Å²) in [6, 6.07) is 0. The third-order valence-corrected chi connectivity index (χ3v) is 2.53. The zero-order valence-corrected chi connectivity index (χ0v) is 9.05. The maximum Gasteiger partial charge on any atom is 0.389 e. The molecule has 0 amide bonds. The molecule has 0 aliphatic carbocycles. The van der Waals surface area contributed by atoms with Crippen LogP contribution in [-0.4, -0.2) is 22.8 Å². The van der Waals surface area contributed by atoms with Gasteiger partial charge in [-0.2, -0.15) is 13.2 Å². The molecule has 0 radical (unpaired) electrons. The van der Waals surface area contributed by atoms with E-state index >= 15 is 0 Å². The number of ether oxygens (including phenoxy) is 1. The maximum atomic E-state index is 12.1. The molecule has 17 heavy (non-hydrogen) atoms. The summed E-state index contributed by atoms with van der Waals surface area (Å²) in [5.74, 6) is 0.382. The molecule has 7 heteroatoms. The van der Waals surface area contributed by atoms with Gasteiger partial charge in [-0.25, -0.2) is 9.97 Å². The molecule has 0 bridgehead atoms. The molecule has 1 aliphatic rings. The summed E-state index contributed by atoms with van der Waals surface area (Å²) in [4.78, 5) is 7.98. The monoisotopic (exact) mass is 247 g/mol. The summed E-state index contributed by atoms with van der Waals surface area (Å²) < 4.78 is 41.4. The topological polar surface area (TPSA) is 61.0 Å². The van der Waals surface area contributed by atoms with Crippen LogP contribution in [0.2, 0.25) is 0 Å². The third-order valence-electron chi connectivity index (χ3n) is 2.53. The number of nitrogen functional groups attached to an aromatic ring is 1. The molecule has 0 unspecified atom stereocenters. The zero-order chi connectivity index (χ0) is 12.5. The minimum atomic E-state index is -4.20. The smallest absolute Gasteiger partial charge is 0.383 e. The van der Waals surface area contributed by atoms with Crippen LogP contribution in [0.15, 0.2) is 0 Å². The van der Waals surface area contributed by atoms with Crippen LogP contribution in [0.25, 0.3) is 0 Å². The molecule has 2 rings (SSSR count). The SMILES string of the molecule is Nc1nc(CCC(F)(F)F)nc2c1COCC2. The molecule has 0 aromatic carbocycles. The van der Waals surface area contributed by atoms with Crippen molar-refractivity contribution in [1.82, 2.24) is 9.97 Å². The van der Waals surface area contributed by atoms with Crippen molar-refractivity contribution in [2.75, 3.05) is 12.3 Å². The fourth-order valence-corrected chi connectivity index (χ4v) is 1.68. The molecule has 1 aromatic heterocycles. The minimum absolute atomic E-state index is 0.153. The second kappa shape index (κ2) is 4.48. The molecule has 1 aromatic rings. The fraction of sp³-hybridized carbons (Fsp3) is 0.600. The fourth-order valence-electron chi connectivity index (χ4n) is 1.68. The summed E-state index contributed by atoms with van der Waals surface area (Å²) in [7, 11) is 0. The Morgan fingerprint density at radius 2 is 2.06 bits per heavy atom. The van der Waals surface area contributed by atoms with E-state index in [1.54, 1.807) is 0 Å². The van der Waals surface area contributed by atoms with Gasteiger partial charge < -0.3 is 10.5 Å². The number of anilines is 1. The van der Waals surface area contributed by atoms with Crippen LogP contribution in [0, 0.1) is 0 Å². The summed E-state index contributed by atoms with van der Waals surface area (Å²) in [5, 5.41) is 0. The largest absolute Gasteiger partial charge is 0.389 e. The quantitative estimate of drug-likeness (QED) is 0.862. The van der Waals surface area contributed by atoms with Crippen LogP contribution in [0.5, 0.6) is 0 Å². The molecular formula is C10H12F3N3O. The summed E-state index contributed by atoms with van der Waals surface area (Å²) >= 11 is 0. The highest BCUT2D eigenvalue weighted by Crippen LogP contribution is 2.23. The molecule has 0 saturated carbocycles. The lowest BCUT2D eigenvalue weighted by atomic mass is 10.1. The zero-order valence-electron chi connectivity index (χ0n) is 9.05. The number of aromatic nitrogens is 2. The first kappa shape index (κ1) is 12.1. The lowest BCUT2D eigenvalue weighted by molar-refractivity contribution is -0.134. The highest BCUT2D eigenvalue weighted by molar-refractivity contribution is 5.42. The van der Waals surface area contributed by atoms with Gasteiger partial charge in [0.25, 0.3) is 0 Å². The Balaban J connectivity index is 2.16. The number of hydrogen-bond acceptors (Lipinski definition) is 4. The normalized spacial score (nSPS) is 15.7. The van der Waals surface area contributed by atoms with Crippen LogP contribution in [-0.2, 0) is 24.2 Å². The predicted molar refractivity (Wildman–Crippen MR) is 54.2 cm³/mol. The van der Waals surface area contributed by atoms with Crippen molar-refractivity contribution in [2.24, 2.45) is 0 Å². The third kappa shape index (κ3) is 3.06. The average Bonchev–Trinajstić information content (AvgIpc) is 2.26. The van der Waals surface area contributed by atoms with Gasteiger partial charge in [-0.05, 0) is 0 Å². The Hall–Kier alpha value is -1.37. The summed E-state index contributed by atoms with van der Waals surface area (Å²) in [6.45, 7) is 0.850. The number of hydrogen-bond donors (Lipinski definition) is 1. The van der Waals surface area contributed by atoms with E-state index in [1.807, 2.05) is 0 Å². The Morgan fingerprint density at radius 1 is 1.29 bits per heavy atom. The average molecular weight is 247 g/mol. The van der Waals surface area contributed by atoms with Gasteiger partial charge in [-0.1, -0.05) is 0 Å². The van der Waals surface area contributed by atoms with Gasteiger partial charge in [0.1, 0.15) is 11.6 Å². The van der Waals surface area contributed by atoms with Crippen molar-refractivity contribution in [1.29, 1.82) is 0 Å². The highest BCUT2D eigenvalue weighted by Gasteiger charge is 2.27. The Kier molecular flexibility index (Phi) is 3.19. The van der Waals surface area contributed by atoms with E-state index in [1.165, 1.54) is 0 Å². The van der Waals surface area contributed by atoms with Gasteiger partial charge in [0.05, 0.1) is 25.3 Å². The summed E-state index contributed by atoms with van der Waals surface area (Å²) in [6.07, 6.45) is -4.79. The predicted octanol–water partition coefficient (Wildman–Crippen LogP) is 1.63. The molecule has 4 nitrogen and oxygen atoms in total. The van der Waals surface area contributed by atoms with Gasteiger partial charge in [0, 0.05) is 18.4 Å². The van der Waals surface area contributed by atoms with E-state index in [0.717, 1.165) is 0 Å². The van der Waals surface area contributed by atoms with Crippen molar-refractivity contribution in [2.45, 2.75) is 32.0 Å². The molecule has 0 fully saturated rings. The van der Waals surface area contributed by atoms with Crippen molar-refractivity contribution >= 4 is 5.82 Å². The molecule has 2 N–H and O–H groups in total. The number of nitrogens with two attached hydrogens (primary N) is 1. The molecule has 0 atom stereocenters. The minimum Gasteiger partial charge on any atom is -0.383 e. The molecule has 2 heterocycles. The molecule has 94 valence electrons. The number of alkyl halides is 3. The van der Waals surface area contributed by atoms with Crippen molar-refractivity contribution in [3.8, 4) is 0 Å². The number of fused-ring (bicyclic) bond motifs is 1. The Bertz CT molecular complexity index is 420. The van der Waals surface area contributed by atoms with E-state index in [0.29, 0.717) is 30.9 Å². The molecule has 0 saturated heterocycles. The second-order valence-corrected chi connectivity index (χ2v) is 3.87. The lowest BCUT2D eigenvalue weighted by Gasteiger charge is -2.17. The lowest BCUT2D eigenvalue weighted by Crippen LogP contribution is -2.18. The molecular weight excluding hydrogens is 235 g/mol. The summed E-state index contributed by atoms with van der Waals surface area (Å²) in [5.41, 5.74) is 7.08. The standard InChI is InChI=1S/C10H12F3N3O/c11-10(12,13)3-1-8-15-7-2-4-17-5-6(7)9(14)16-8/h1-5H2,(H2,14,15,16). The van der Waals surface area contributed by atoms with Gasteiger partial charge in [-0.3, -0.25) is 0 Å². The number of aryl methyl sites for hydroxylation is 1. The number of nitrogens with zero attached hydrogens (tertiary/aromatic N) is 2. The van der Waals surface area contributed by atoms with Crippen molar-refractivity contribution in [3.05, 3.63) is 17.1 Å². The second-order valence-electron chi connectivity index (χ2n) is 3.87. The number of rotatable bonds is 2. The van der Waals surface area contributed by atoms with Gasteiger partial charge in [-0.15, -0.1) is 0 Å². The molecule has 1 aliphatic heterocycles. The van der Waals surface area contributed by atoms with Crippen LogP contribution in [0.1, 0.15) is 23.5 Å². The first-order valence-electron chi connectivity index (χ1n) is 5.24. The maximum absolute atomic E-state index is 12.1. The Morgan fingerprint density at radius 3 is 2.76 bits per heavy atom. The van der Waals surface area contributed by atoms with E-state index in [4.69, 9.17) is 10.5 Å². The number of halogens is 3. The van der Waals surface area contributed by atoms with E-state index in [2.05, 4.69) is 9.97 Å². The van der Waals surface area contributed by atoms with E-state index in [-0.39, 0.29) is 18.1 Å². The highest BCUT2D eigenvalue weighted by atomic mass is 19.4. The van der Waals surface area contributed by atoms with Crippen LogP contribution < -0.4 is 5.73 Å². The van der Waals surface area contributed by atoms with Gasteiger partial charge >= 0.3 is 6.18 Å². The first-order chi connectivity index (χ1) is 7.96. The van der Waals surface area contributed by atoms with Gasteiger partial charge in [0.15, 0.2) is 0 Å². The van der Waals surface area contributed by atoms with Gasteiger partial charge in [0.2, 0.25) is 0 Å².